The fraction of sp³-hybridized carbons (Fsp3) is 0.455. The number of rotatable bonds is 7. The van der Waals surface area contributed by atoms with Gasteiger partial charge in [-0.25, -0.2) is 9.59 Å². The van der Waals surface area contributed by atoms with Gasteiger partial charge < -0.3 is 47.1 Å². The molecule has 0 aromatic heterocycles. The standard InChI is InChI=1S/C44H49N7O8/c1-24-4-3-5-30(25(24)2)49(33-16-20-43(37(45)54)41(22-26-6-10-28(41)11-7-26)18-14-31(58-39(47)56)35(52)50(33)43)34-17-21-44(38(46)55)42(23-27-8-12-29(42)13-9-27)19-15-32(59-40(48)57)36(53)51(34)44/h3-13,31-34H,14-23H2,1-2H3,(H2,45,54)(H2,46,55)(H2,47,56)(H2,48,57)/t31-,32-,33+,34?,41?,42?,43-,44-/m1/s1. The average molecular weight is 804 g/mol. The zero-order valence-electron chi connectivity index (χ0n) is 33.1. The molecule has 8 atom stereocenters. The van der Waals surface area contributed by atoms with Gasteiger partial charge in [-0.15, -0.1) is 0 Å². The molecule has 15 heteroatoms. The highest BCUT2D eigenvalue weighted by Gasteiger charge is 2.72. The quantitative estimate of drug-likeness (QED) is 0.275. The van der Waals surface area contributed by atoms with Crippen molar-refractivity contribution < 1.29 is 38.2 Å². The number of nitrogens with two attached hydrogens (primary N) is 4. The van der Waals surface area contributed by atoms with Crippen LogP contribution in [0.1, 0.15) is 84.7 Å². The second-order valence-electron chi connectivity index (χ2n) is 17.4. The summed E-state index contributed by atoms with van der Waals surface area (Å²) in [7, 11) is 0. The van der Waals surface area contributed by atoms with Crippen LogP contribution < -0.4 is 27.8 Å². The molecule has 3 aromatic rings. The lowest BCUT2D eigenvalue weighted by Gasteiger charge is -2.56. The van der Waals surface area contributed by atoms with E-state index in [1.807, 2.05) is 85.5 Å². The third-order valence-electron chi connectivity index (χ3n) is 15.1. The van der Waals surface area contributed by atoms with Gasteiger partial charge in [0.05, 0.1) is 0 Å². The number of nitrogens with zero attached hydrogens (tertiary/aromatic N) is 3. The second-order valence-corrected chi connectivity index (χ2v) is 17.4. The Labute approximate surface area is 341 Å². The van der Waals surface area contributed by atoms with Crippen LogP contribution in [0.15, 0.2) is 66.7 Å². The van der Waals surface area contributed by atoms with Crippen molar-refractivity contribution in [1.29, 1.82) is 0 Å². The minimum absolute atomic E-state index is 0.0773. The summed E-state index contributed by atoms with van der Waals surface area (Å²) >= 11 is 0. The predicted octanol–water partition coefficient (Wildman–Crippen LogP) is 2.96. The fourth-order valence-electron chi connectivity index (χ4n) is 12.6. The first-order valence-corrected chi connectivity index (χ1v) is 20.3. The van der Waals surface area contributed by atoms with Gasteiger partial charge in [0, 0.05) is 16.5 Å². The number of anilines is 1. The van der Waals surface area contributed by atoms with Crippen LogP contribution in [0.25, 0.3) is 0 Å². The van der Waals surface area contributed by atoms with Crippen molar-refractivity contribution in [2.45, 2.75) is 125 Å². The molecule has 15 nitrogen and oxygen atoms in total. The smallest absolute Gasteiger partial charge is 0.405 e. The van der Waals surface area contributed by atoms with Gasteiger partial charge in [-0.05, 0) is 118 Å². The van der Waals surface area contributed by atoms with Gasteiger partial charge in [0.1, 0.15) is 23.4 Å². The summed E-state index contributed by atoms with van der Waals surface area (Å²) < 4.78 is 11.1. The van der Waals surface area contributed by atoms with E-state index in [0.717, 1.165) is 33.4 Å². The molecule has 4 bridgehead atoms. The number of carbonyl (C=O) groups excluding carboxylic acids is 6. The highest BCUT2D eigenvalue weighted by Crippen LogP contribution is 2.60. The van der Waals surface area contributed by atoms with Gasteiger partial charge in [-0.3, -0.25) is 19.2 Å². The van der Waals surface area contributed by atoms with Crippen LogP contribution in [0, 0.1) is 13.8 Å². The highest BCUT2D eigenvalue weighted by atomic mass is 16.6. The number of primary amides is 4. The van der Waals surface area contributed by atoms with Crippen LogP contribution in [0.4, 0.5) is 15.3 Å². The van der Waals surface area contributed by atoms with E-state index in [1.54, 1.807) is 0 Å². The number of aryl methyl sites for hydroxylation is 1. The van der Waals surface area contributed by atoms with Crippen molar-refractivity contribution in [2.24, 2.45) is 22.9 Å². The van der Waals surface area contributed by atoms with E-state index >= 15 is 9.59 Å². The van der Waals surface area contributed by atoms with Crippen LogP contribution >= 0.6 is 0 Å². The summed E-state index contributed by atoms with van der Waals surface area (Å²) in [6.45, 7) is 3.88. The number of fused-ring (bicyclic) bond motifs is 6. The third kappa shape index (κ3) is 5.05. The van der Waals surface area contributed by atoms with Crippen LogP contribution in [-0.4, -0.2) is 81.2 Å². The van der Waals surface area contributed by atoms with Crippen molar-refractivity contribution >= 4 is 41.5 Å². The molecule has 4 heterocycles. The van der Waals surface area contributed by atoms with E-state index in [9.17, 15) is 19.2 Å². The van der Waals surface area contributed by atoms with Crippen molar-refractivity contribution in [3.05, 3.63) is 100 Å². The molecule has 8 N–H and O–H groups in total. The largest absolute Gasteiger partial charge is 0.436 e. The van der Waals surface area contributed by atoms with Crippen molar-refractivity contribution in [2.75, 3.05) is 4.90 Å². The van der Waals surface area contributed by atoms with E-state index < -0.39 is 82.3 Å². The van der Waals surface area contributed by atoms with Crippen molar-refractivity contribution in [3.63, 3.8) is 0 Å². The lowest BCUT2D eigenvalue weighted by atomic mass is 9.56. The summed E-state index contributed by atoms with van der Waals surface area (Å²) in [6.07, 6.45) is -4.69. The predicted molar refractivity (Wildman–Crippen MR) is 213 cm³/mol. The van der Waals surface area contributed by atoms with Crippen molar-refractivity contribution in [1.82, 2.24) is 9.80 Å². The molecular weight excluding hydrogens is 755 g/mol. The lowest BCUT2D eigenvalue weighted by molar-refractivity contribution is -0.157. The van der Waals surface area contributed by atoms with E-state index in [0.29, 0.717) is 18.5 Å². The molecule has 11 rings (SSSR count). The zero-order chi connectivity index (χ0) is 41.8. The number of hydrogen-bond acceptors (Lipinski definition) is 9. The molecule has 3 aromatic carbocycles. The summed E-state index contributed by atoms with van der Waals surface area (Å²) in [5, 5.41) is 0. The van der Waals surface area contributed by atoms with E-state index in [2.05, 4.69) is 0 Å². The molecule has 308 valence electrons. The Balaban J connectivity index is 1.29. The molecule has 0 saturated carbocycles. The summed E-state index contributed by atoms with van der Waals surface area (Å²) in [4.78, 5) is 89.7. The maximum Gasteiger partial charge on any atom is 0.405 e. The van der Waals surface area contributed by atoms with Gasteiger partial charge in [-0.2, -0.15) is 0 Å². The monoisotopic (exact) mass is 803 g/mol. The van der Waals surface area contributed by atoms with Gasteiger partial charge in [0.25, 0.3) is 11.8 Å². The van der Waals surface area contributed by atoms with Crippen LogP contribution in [-0.2, 0) is 52.3 Å². The first-order valence-electron chi connectivity index (χ1n) is 20.3. The normalized spacial score (nSPS) is 32.7. The zero-order valence-corrected chi connectivity index (χ0v) is 33.1. The minimum Gasteiger partial charge on any atom is -0.436 e. The first kappa shape index (κ1) is 38.4. The number of ether oxygens (including phenoxy) is 2. The molecule has 4 aliphatic carbocycles. The molecule has 4 saturated heterocycles. The highest BCUT2D eigenvalue weighted by molar-refractivity contribution is 5.98. The molecule has 6 amide bonds. The third-order valence-corrected chi connectivity index (χ3v) is 15.1. The van der Waals surface area contributed by atoms with E-state index in [-0.39, 0.29) is 51.4 Å². The Hall–Kier alpha value is -6.12. The average Bonchev–Trinajstić information content (AvgIpc) is 3.78. The molecule has 8 aliphatic rings. The van der Waals surface area contributed by atoms with Gasteiger partial charge in [0.15, 0.2) is 12.2 Å². The fourth-order valence-corrected chi connectivity index (χ4v) is 12.6. The number of amides is 6. The Morgan fingerprint density at radius 1 is 0.610 bits per heavy atom. The Morgan fingerprint density at radius 3 is 1.39 bits per heavy atom. The molecule has 3 unspecified atom stereocenters. The van der Waals surface area contributed by atoms with E-state index in [4.69, 9.17) is 32.4 Å². The molecule has 0 radical (unpaired) electrons. The van der Waals surface area contributed by atoms with Crippen LogP contribution in [0.2, 0.25) is 0 Å². The molecule has 4 fully saturated rings. The summed E-state index contributed by atoms with van der Waals surface area (Å²) in [6, 6.07) is 21.5. The van der Waals surface area contributed by atoms with Gasteiger partial charge in [0.2, 0.25) is 11.8 Å². The summed E-state index contributed by atoms with van der Waals surface area (Å²) in [5.41, 5.74) is 25.1. The SMILES string of the molecule is Cc1cccc(N(C2CC[C@]3(C(N)=O)N2C(=O)[C@H](OC(N)=O)CCC32Cc3ccc2cc3)[C@@H]2CC[C@]3(C(N)=O)N2C(=O)[C@H](OC(N)=O)CCC32Cc3ccc2cc3)c1C. The van der Waals surface area contributed by atoms with E-state index in [1.165, 1.54) is 9.80 Å². The number of hydrogen-bond donors (Lipinski definition) is 4. The lowest BCUT2D eigenvalue weighted by Crippen LogP contribution is -2.74. The number of benzene rings is 3. The Morgan fingerprint density at radius 2 is 1.03 bits per heavy atom. The maximum atomic E-state index is 15.4. The second kappa shape index (κ2) is 13.2. The van der Waals surface area contributed by atoms with Gasteiger partial charge >= 0.3 is 12.2 Å². The van der Waals surface area contributed by atoms with Crippen LogP contribution in [0.3, 0.4) is 0 Å². The minimum atomic E-state index is -1.62. The molecular formula is C44H49N7O8. The summed E-state index contributed by atoms with van der Waals surface area (Å²) in [5.74, 6) is -2.70. The molecule has 2 spiro atoms. The van der Waals surface area contributed by atoms with Crippen molar-refractivity contribution in [3.8, 4) is 0 Å². The molecule has 59 heavy (non-hydrogen) atoms. The maximum absolute atomic E-state index is 15.4. The first-order chi connectivity index (χ1) is 28.1. The number of carbonyl (C=O) groups is 6. The molecule has 4 aliphatic heterocycles. The van der Waals surface area contributed by atoms with Gasteiger partial charge in [-0.1, -0.05) is 60.7 Å². The topological polar surface area (TPSA) is 235 Å². The Kier molecular flexibility index (Phi) is 8.59. The Bertz CT molecular complexity index is 2180. The van der Waals surface area contributed by atoms with Crippen LogP contribution in [0.5, 0.6) is 0 Å².